The van der Waals surface area contributed by atoms with Crippen molar-refractivity contribution in [1.82, 2.24) is 5.32 Å². The van der Waals surface area contributed by atoms with Crippen LogP contribution in [0.4, 0.5) is 4.79 Å². The molecule has 0 radical (unpaired) electrons. The Morgan fingerprint density at radius 2 is 2.00 bits per heavy atom. The molecule has 1 rings (SSSR count). The summed E-state index contributed by atoms with van der Waals surface area (Å²) < 4.78 is 6.97. The van der Waals surface area contributed by atoms with Gasteiger partial charge in [0.25, 0.3) is 0 Å². The average Bonchev–Trinajstić information content (AvgIpc) is 2.30. The van der Waals surface area contributed by atoms with Gasteiger partial charge in [-0.15, -0.1) is 0 Å². The Labute approximate surface area is 135 Å². The summed E-state index contributed by atoms with van der Waals surface area (Å²) in [5.41, 5.74) is 0.258. The van der Waals surface area contributed by atoms with Crippen LogP contribution in [-0.2, 0) is 9.53 Å². The Kier molecular flexibility index (Phi) is 6.20. The van der Waals surface area contributed by atoms with Gasteiger partial charge in [-0.25, -0.2) is 4.79 Å². The summed E-state index contributed by atoms with van der Waals surface area (Å²) in [6.45, 7) is 5.37. The molecule has 0 saturated carbocycles. The van der Waals surface area contributed by atoms with Crippen molar-refractivity contribution in [1.29, 1.82) is 0 Å². The number of carbonyl (C=O) groups is 2. The Morgan fingerprint density at radius 3 is 2.50 bits per heavy atom. The molecule has 0 aliphatic heterocycles. The van der Waals surface area contributed by atoms with Crippen LogP contribution in [0.1, 0.15) is 38.8 Å². The van der Waals surface area contributed by atoms with Crippen molar-refractivity contribution >= 4 is 44.2 Å². The fraction of sp³-hybridized carbons (Fsp3) is 0.429. The number of halogens is 2. The summed E-state index contributed by atoms with van der Waals surface area (Å²) in [6, 6.07) is 5.15. The highest BCUT2D eigenvalue weighted by Crippen LogP contribution is 2.27. The number of aldehydes is 1. The van der Waals surface area contributed by atoms with Crippen molar-refractivity contribution in [3.05, 3.63) is 32.7 Å². The molecule has 110 valence electrons. The molecule has 6 heteroatoms. The maximum atomic E-state index is 11.8. The second kappa shape index (κ2) is 7.22. The van der Waals surface area contributed by atoms with Crippen LogP contribution in [-0.4, -0.2) is 18.0 Å². The molecule has 0 spiro atoms. The molecule has 20 heavy (non-hydrogen) atoms. The lowest BCUT2D eigenvalue weighted by atomic mass is 10.0. The molecule has 1 aromatic carbocycles. The minimum absolute atomic E-state index is 0.188. The zero-order valence-electron chi connectivity index (χ0n) is 11.6. The van der Waals surface area contributed by atoms with Gasteiger partial charge in [0.15, 0.2) is 0 Å². The van der Waals surface area contributed by atoms with Crippen LogP contribution in [0.2, 0.25) is 0 Å². The maximum absolute atomic E-state index is 11.8. The minimum atomic E-state index is -0.573. The second-order valence-corrected chi connectivity index (χ2v) is 6.98. The van der Waals surface area contributed by atoms with Gasteiger partial charge >= 0.3 is 6.09 Å². The van der Waals surface area contributed by atoms with E-state index in [1.807, 2.05) is 18.2 Å². The van der Waals surface area contributed by atoms with Crippen LogP contribution in [0.15, 0.2) is 27.1 Å². The van der Waals surface area contributed by atoms with E-state index in [0.29, 0.717) is 0 Å². The molecule has 0 saturated heterocycles. The highest BCUT2D eigenvalue weighted by molar-refractivity contribution is 9.13. The molecule has 0 unspecified atom stereocenters. The van der Waals surface area contributed by atoms with Crippen LogP contribution in [0.3, 0.4) is 0 Å². The zero-order chi connectivity index (χ0) is 15.3. The van der Waals surface area contributed by atoms with Gasteiger partial charge in [-0.2, -0.15) is 0 Å². The first-order valence-electron chi connectivity index (χ1n) is 6.11. The number of amides is 1. The smallest absolute Gasteiger partial charge is 0.408 e. The Bertz CT molecular complexity index is 498. The van der Waals surface area contributed by atoms with Crippen molar-refractivity contribution in [2.24, 2.45) is 0 Å². The molecular weight excluding hydrogens is 390 g/mol. The molecule has 0 heterocycles. The third-order valence-electron chi connectivity index (χ3n) is 2.37. The average molecular weight is 407 g/mol. The van der Waals surface area contributed by atoms with Crippen molar-refractivity contribution in [2.75, 3.05) is 0 Å². The number of alkyl carbamates (subject to hydrolysis) is 1. The first kappa shape index (κ1) is 17.2. The molecule has 0 fully saturated rings. The molecule has 1 amide bonds. The third kappa shape index (κ3) is 5.63. The van der Waals surface area contributed by atoms with E-state index in [1.165, 1.54) is 0 Å². The largest absolute Gasteiger partial charge is 0.444 e. The van der Waals surface area contributed by atoms with Crippen LogP contribution < -0.4 is 5.32 Å². The molecule has 0 aliphatic rings. The SMILES string of the molecule is CC(C)(C)OC(=O)N[C@H](CC=O)c1ccc(Br)c(Br)c1. The second-order valence-electron chi connectivity index (χ2n) is 5.27. The van der Waals surface area contributed by atoms with E-state index < -0.39 is 17.7 Å². The first-order valence-corrected chi connectivity index (χ1v) is 7.69. The lowest BCUT2D eigenvalue weighted by Gasteiger charge is -2.23. The summed E-state index contributed by atoms with van der Waals surface area (Å²) in [7, 11) is 0. The summed E-state index contributed by atoms with van der Waals surface area (Å²) in [5, 5.41) is 2.71. The predicted octanol–water partition coefficient (Wildman–Crippen LogP) is 4.37. The molecule has 0 bridgehead atoms. The Morgan fingerprint density at radius 1 is 1.35 bits per heavy atom. The molecule has 0 aliphatic carbocycles. The summed E-state index contributed by atoms with van der Waals surface area (Å²) >= 11 is 6.78. The van der Waals surface area contributed by atoms with Crippen LogP contribution >= 0.6 is 31.9 Å². The standard InChI is InChI=1S/C14H17Br2NO3/c1-14(2,3)20-13(19)17-12(6-7-18)9-4-5-10(15)11(16)8-9/h4-5,7-8,12H,6H2,1-3H3,(H,17,19)/t12-/m1/s1. The van der Waals surface area contributed by atoms with Gasteiger partial charge in [-0.1, -0.05) is 6.07 Å². The van der Waals surface area contributed by atoms with E-state index in [2.05, 4.69) is 37.2 Å². The lowest BCUT2D eigenvalue weighted by Crippen LogP contribution is -2.35. The molecule has 1 aromatic rings. The predicted molar refractivity (Wildman–Crippen MR) is 84.6 cm³/mol. The van der Waals surface area contributed by atoms with Crippen molar-refractivity contribution in [2.45, 2.75) is 38.8 Å². The molecular formula is C14H17Br2NO3. The van der Waals surface area contributed by atoms with Crippen molar-refractivity contribution < 1.29 is 14.3 Å². The van der Waals surface area contributed by atoms with Gasteiger partial charge < -0.3 is 14.8 Å². The first-order chi connectivity index (χ1) is 9.23. The third-order valence-corrected chi connectivity index (χ3v) is 4.25. The maximum Gasteiger partial charge on any atom is 0.408 e. The van der Waals surface area contributed by atoms with E-state index >= 15 is 0 Å². The summed E-state index contributed by atoms with van der Waals surface area (Å²) in [5.74, 6) is 0. The Hall–Kier alpha value is -0.880. The van der Waals surface area contributed by atoms with Crippen LogP contribution in [0.5, 0.6) is 0 Å². The highest BCUT2D eigenvalue weighted by atomic mass is 79.9. The number of carbonyl (C=O) groups excluding carboxylic acids is 2. The van der Waals surface area contributed by atoms with E-state index in [1.54, 1.807) is 20.8 Å². The number of hydrogen-bond acceptors (Lipinski definition) is 3. The minimum Gasteiger partial charge on any atom is -0.444 e. The topological polar surface area (TPSA) is 55.4 Å². The van der Waals surface area contributed by atoms with Crippen LogP contribution in [0.25, 0.3) is 0 Å². The van der Waals surface area contributed by atoms with Gasteiger partial charge in [0.05, 0.1) is 6.04 Å². The fourth-order valence-electron chi connectivity index (χ4n) is 1.55. The lowest BCUT2D eigenvalue weighted by molar-refractivity contribution is -0.108. The van der Waals surface area contributed by atoms with Gasteiger partial charge in [0.1, 0.15) is 11.9 Å². The van der Waals surface area contributed by atoms with Crippen LogP contribution in [0, 0.1) is 0 Å². The number of rotatable bonds is 4. The van der Waals surface area contributed by atoms with Gasteiger partial charge in [0, 0.05) is 15.4 Å². The number of benzene rings is 1. The van der Waals surface area contributed by atoms with Gasteiger partial charge in [0.2, 0.25) is 0 Å². The number of nitrogens with one attached hydrogen (secondary N) is 1. The fourth-order valence-corrected chi connectivity index (χ4v) is 2.20. The monoisotopic (exact) mass is 405 g/mol. The highest BCUT2D eigenvalue weighted by Gasteiger charge is 2.20. The normalized spacial score (nSPS) is 12.7. The van der Waals surface area contributed by atoms with E-state index in [-0.39, 0.29) is 6.42 Å². The molecule has 0 aromatic heterocycles. The quantitative estimate of drug-likeness (QED) is 0.755. The molecule has 1 atom stereocenters. The van der Waals surface area contributed by atoms with E-state index in [9.17, 15) is 9.59 Å². The number of hydrogen-bond donors (Lipinski definition) is 1. The van der Waals surface area contributed by atoms with Crippen molar-refractivity contribution in [3.8, 4) is 0 Å². The summed E-state index contributed by atoms with van der Waals surface area (Å²) in [6.07, 6.45) is 0.425. The van der Waals surface area contributed by atoms with Crippen molar-refractivity contribution in [3.63, 3.8) is 0 Å². The molecule has 4 nitrogen and oxygen atoms in total. The van der Waals surface area contributed by atoms with E-state index in [0.717, 1.165) is 20.8 Å². The van der Waals surface area contributed by atoms with E-state index in [4.69, 9.17) is 4.74 Å². The zero-order valence-corrected chi connectivity index (χ0v) is 14.7. The molecule has 1 N–H and O–H groups in total. The summed E-state index contributed by atoms with van der Waals surface area (Å²) in [4.78, 5) is 22.6. The number of ether oxygens (including phenoxy) is 1. The van der Waals surface area contributed by atoms with Gasteiger partial charge in [-0.05, 0) is 70.3 Å². The Balaban J connectivity index is 2.85. The van der Waals surface area contributed by atoms with Gasteiger partial charge in [-0.3, -0.25) is 0 Å².